The van der Waals surface area contributed by atoms with E-state index in [2.05, 4.69) is 5.75 Å². The van der Waals surface area contributed by atoms with E-state index < -0.39 is 0 Å². The fraction of sp³-hybridized carbons (Fsp3) is 0.750. The van der Waals surface area contributed by atoms with Gasteiger partial charge in [0.05, 0.1) is 0 Å². The van der Waals surface area contributed by atoms with Gasteiger partial charge in [-0.25, -0.2) is 0 Å². The fourth-order valence-electron chi connectivity index (χ4n) is 0.417. The van der Waals surface area contributed by atoms with Crippen molar-refractivity contribution in [2.45, 2.75) is 12.8 Å². The van der Waals surface area contributed by atoms with Crippen molar-refractivity contribution < 1.29 is 34.8 Å². The molecule has 0 nitrogen and oxygen atoms in total. The second-order valence-corrected chi connectivity index (χ2v) is 2.25. The number of hydrogen-bond acceptors (Lipinski definition) is 1. The molecule has 0 N–H and O–H groups in total. The molecule has 0 saturated carbocycles. The molecule has 0 radical (unpaired) electrons. The summed E-state index contributed by atoms with van der Waals surface area (Å²) in [6, 6.07) is 0. The van der Waals surface area contributed by atoms with Gasteiger partial charge in [-0.2, -0.15) is 6.42 Å². The molecule has 0 aromatic rings. The van der Waals surface area contributed by atoms with Gasteiger partial charge in [0.15, 0.2) is 0 Å². The molecule has 1 rings (SSSR count). The van der Waals surface area contributed by atoms with Gasteiger partial charge in [0.1, 0.15) is 0 Å². The second-order valence-electron chi connectivity index (χ2n) is 1.18. The smallest absolute Gasteiger partial charge is 1.00 e. The molecule has 0 unspecified atom stereocenters. The van der Waals surface area contributed by atoms with Crippen molar-refractivity contribution in [2.75, 3.05) is 5.75 Å². The largest absolute Gasteiger partial charge is 1.00 e. The minimum absolute atomic E-state index is 0. The predicted molar refractivity (Wildman–Crippen MR) is 26.0 cm³/mol. The Hall–Kier alpha value is 1.38. The topological polar surface area (TPSA) is 0 Å². The molecule has 0 aliphatic carbocycles. The van der Waals surface area contributed by atoms with Crippen molar-refractivity contribution in [2.24, 2.45) is 0 Å². The molecule has 0 atom stereocenters. The Morgan fingerprint density at radius 2 is 2.14 bits per heavy atom. The quantitative estimate of drug-likeness (QED) is 0.394. The molecule has 3 heteroatoms. The summed E-state index contributed by atoms with van der Waals surface area (Å²) < 4.78 is 0. The average molecular weight is 320 g/mol. The third-order valence-corrected chi connectivity index (χ3v) is 1.70. The number of halogens is 1. The van der Waals surface area contributed by atoms with E-state index in [0.717, 1.165) is 0 Å². The van der Waals surface area contributed by atoms with Crippen LogP contribution < -0.4 is 12.4 Å². The summed E-state index contributed by atoms with van der Waals surface area (Å²) in [5.41, 5.74) is 0. The predicted octanol–water partition coefficient (Wildman–Crippen LogP) is -1.32. The Morgan fingerprint density at radius 3 is 2.29 bits per heavy atom. The van der Waals surface area contributed by atoms with Crippen LogP contribution in [-0.4, -0.2) is 5.75 Å². The van der Waals surface area contributed by atoms with Crippen molar-refractivity contribution in [3.05, 3.63) is 5.75 Å². The van der Waals surface area contributed by atoms with Gasteiger partial charge in [-0.05, 0) is 5.75 Å². The Kier molecular flexibility index (Phi) is 11.8. The van der Waals surface area contributed by atoms with Crippen LogP contribution in [0.3, 0.4) is 0 Å². The number of hydrogen-bond donors (Lipinski definition) is 0. The number of rotatable bonds is 0. The Bertz CT molecular complexity index is 23.3. The van der Waals surface area contributed by atoms with Crippen molar-refractivity contribution in [3.8, 4) is 0 Å². The molecular weight excluding hydrogens is 313 g/mol. The minimum atomic E-state index is 0. The third kappa shape index (κ3) is 5.25. The molecular formula is C4H7AuClS-. The summed E-state index contributed by atoms with van der Waals surface area (Å²) in [6.45, 7) is 0. The van der Waals surface area contributed by atoms with Gasteiger partial charge in [0.2, 0.25) is 0 Å². The summed E-state index contributed by atoms with van der Waals surface area (Å²) in [5.74, 6) is 3.64. The molecule has 1 aliphatic rings. The monoisotopic (exact) mass is 319 g/mol. The minimum Gasteiger partial charge on any atom is -1.00 e. The van der Waals surface area contributed by atoms with Gasteiger partial charge >= 0.3 is 22.4 Å². The maximum absolute atomic E-state index is 2.28. The second kappa shape index (κ2) is 7.38. The van der Waals surface area contributed by atoms with Crippen LogP contribution in [0.15, 0.2) is 0 Å². The van der Waals surface area contributed by atoms with E-state index in [-0.39, 0.29) is 34.8 Å². The van der Waals surface area contributed by atoms with Crippen LogP contribution >= 0.6 is 11.8 Å². The summed E-state index contributed by atoms with van der Waals surface area (Å²) in [4.78, 5) is 0. The van der Waals surface area contributed by atoms with E-state index in [0.29, 0.717) is 0 Å². The third-order valence-electron chi connectivity index (χ3n) is 0.702. The Morgan fingerprint density at radius 1 is 1.43 bits per heavy atom. The Labute approximate surface area is 70.7 Å². The molecule has 7 heavy (non-hydrogen) atoms. The first-order valence-corrected chi connectivity index (χ1v) is 2.98. The zero-order chi connectivity index (χ0) is 3.54. The summed E-state index contributed by atoms with van der Waals surface area (Å²) in [6.07, 6.45) is 2.75. The van der Waals surface area contributed by atoms with Crippen LogP contribution in [0.2, 0.25) is 0 Å². The zero-order valence-corrected chi connectivity index (χ0v) is 7.53. The molecule has 0 aromatic heterocycles. The van der Waals surface area contributed by atoms with E-state index in [1.165, 1.54) is 18.6 Å². The van der Waals surface area contributed by atoms with Gasteiger partial charge in [-0.3, -0.25) is 5.75 Å². The molecule has 1 fully saturated rings. The van der Waals surface area contributed by atoms with Gasteiger partial charge < -0.3 is 24.2 Å². The Balaban J connectivity index is 0. The first-order chi connectivity index (χ1) is 2.50. The summed E-state index contributed by atoms with van der Waals surface area (Å²) >= 11 is 1.95. The molecule has 0 spiro atoms. The van der Waals surface area contributed by atoms with Crippen molar-refractivity contribution in [3.63, 3.8) is 0 Å². The van der Waals surface area contributed by atoms with E-state index in [1.54, 1.807) is 0 Å². The zero-order valence-electron chi connectivity index (χ0n) is 3.79. The average Bonchev–Trinajstić information content (AvgIpc) is 1.76. The first kappa shape index (κ1) is 11.2. The van der Waals surface area contributed by atoms with Crippen LogP contribution in [0.1, 0.15) is 12.8 Å². The van der Waals surface area contributed by atoms with E-state index in [4.69, 9.17) is 0 Å². The number of thioether (sulfide) groups is 1. The maximum Gasteiger partial charge on any atom is 1.00 e. The molecule has 48 valence electrons. The van der Waals surface area contributed by atoms with Gasteiger partial charge in [-0.15, -0.1) is 0 Å². The molecule has 1 saturated heterocycles. The first-order valence-electron chi connectivity index (χ1n) is 1.93. The van der Waals surface area contributed by atoms with Gasteiger partial charge in [0.25, 0.3) is 0 Å². The summed E-state index contributed by atoms with van der Waals surface area (Å²) in [7, 11) is 0. The molecule has 1 aliphatic heterocycles. The maximum atomic E-state index is 2.28. The van der Waals surface area contributed by atoms with E-state index in [1.807, 2.05) is 11.8 Å². The van der Waals surface area contributed by atoms with Crippen molar-refractivity contribution in [1.82, 2.24) is 0 Å². The van der Waals surface area contributed by atoms with E-state index >= 15 is 0 Å². The van der Waals surface area contributed by atoms with E-state index in [9.17, 15) is 0 Å². The van der Waals surface area contributed by atoms with Crippen LogP contribution in [0.4, 0.5) is 0 Å². The van der Waals surface area contributed by atoms with Gasteiger partial charge in [0, 0.05) is 0 Å². The van der Waals surface area contributed by atoms with Crippen LogP contribution in [0.25, 0.3) is 0 Å². The molecule has 0 amide bonds. The van der Waals surface area contributed by atoms with Crippen molar-refractivity contribution >= 4 is 11.8 Å². The fourth-order valence-corrected chi connectivity index (χ4v) is 1.25. The van der Waals surface area contributed by atoms with Gasteiger partial charge in [-0.1, -0.05) is 6.42 Å². The van der Waals surface area contributed by atoms with Crippen LogP contribution in [0.5, 0.6) is 0 Å². The SMILES string of the molecule is [Au+].[CH-]1CCCS1.[Cl-]. The van der Waals surface area contributed by atoms with Crippen molar-refractivity contribution in [1.29, 1.82) is 0 Å². The molecule has 0 aromatic carbocycles. The normalized spacial score (nSPS) is 17.1. The molecule has 0 bridgehead atoms. The molecule has 1 heterocycles. The van der Waals surface area contributed by atoms with Crippen LogP contribution in [-0.2, 0) is 22.4 Å². The summed E-state index contributed by atoms with van der Waals surface area (Å²) in [5, 5.41) is 0. The van der Waals surface area contributed by atoms with Crippen LogP contribution in [0, 0.1) is 5.75 Å². The standard InChI is InChI=1S/C4H7S.Au.ClH/c1-2-4-5-3-1;;/h3H,1-2,4H2;;1H/q-1;+1;/p-1.